The second kappa shape index (κ2) is 5.68. The lowest BCUT2D eigenvalue weighted by molar-refractivity contribution is 0.474. The molecule has 0 radical (unpaired) electrons. The Hall–Kier alpha value is -2.38. The summed E-state index contributed by atoms with van der Waals surface area (Å²) in [5.41, 5.74) is 2.15. The molecule has 1 unspecified atom stereocenters. The number of rotatable bonds is 3. The summed E-state index contributed by atoms with van der Waals surface area (Å²) in [7, 11) is -3.79. The van der Waals surface area contributed by atoms with Gasteiger partial charge in [0.2, 0.25) is 10.0 Å². The van der Waals surface area contributed by atoms with Crippen LogP contribution in [0, 0.1) is 5.82 Å². The minimum Gasteiger partial charge on any atom is -0.253 e. The van der Waals surface area contributed by atoms with Gasteiger partial charge in [0.05, 0.1) is 16.8 Å². The van der Waals surface area contributed by atoms with Crippen LogP contribution in [0.2, 0.25) is 0 Å². The number of allylic oxidation sites excluding steroid dienone is 4. The summed E-state index contributed by atoms with van der Waals surface area (Å²) in [4.78, 5) is 3.93. The Labute approximate surface area is 132 Å². The first-order valence-corrected chi connectivity index (χ1v) is 8.22. The van der Waals surface area contributed by atoms with Crippen molar-refractivity contribution < 1.29 is 17.2 Å². The maximum absolute atomic E-state index is 13.8. The van der Waals surface area contributed by atoms with Crippen LogP contribution in [-0.2, 0) is 10.0 Å². The molecule has 2 aromatic rings. The Balaban J connectivity index is 2.00. The minimum atomic E-state index is -3.79. The van der Waals surface area contributed by atoms with E-state index in [0.29, 0.717) is 22.4 Å². The van der Waals surface area contributed by atoms with Crippen LogP contribution in [0.15, 0.2) is 59.6 Å². The molecule has 1 aliphatic carbocycles. The average molecular weight is 334 g/mol. The highest BCUT2D eigenvalue weighted by Gasteiger charge is 2.21. The average Bonchev–Trinajstić information content (AvgIpc) is 2.89. The topological polar surface area (TPSA) is 73.1 Å². The molecule has 0 spiro atoms. The molecule has 1 heterocycles. The lowest BCUT2D eigenvalue weighted by Gasteiger charge is -2.09. The quantitative estimate of drug-likeness (QED) is 0.938. The monoisotopic (exact) mass is 334 g/mol. The maximum atomic E-state index is 13.8. The van der Waals surface area contributed by atoms with Crippen molar-refractivity contribution in [2.45, 2.75) is 11.1 Å². The van der Waals surface area contributed by atoms with Gasteiger partial charge < -0.3 is 0 Å². The molecule has 1 aromatic heterocycles. The van der Waals surface area contributed by atoms with Crippen LogP contribution in [-0.4, -0.2) is 19.6 Å². The number of benzene rings is 1. The lowest BCUT2D eigenvalue weighted by Crippen LogP contribution is -2.11. The summed E-state index contributed by atoms with van der Waals surface area (Å²) in [6, 6.07) is 8.50. The number of nitrogens with two attached hydrogens (primary N) is 1. The highest BCUT2D eigenvalue weighted by molar-refractivity contribution is 7.89. The van der Waals surface area contributed by atoms with Crippen molar-refractivity contribution in [3.05, 3.63) is 71.8 Å². The van der Waals surface area contributed by atoms with Gasteiger partial charge in [-0.15, -0.1) is 0 Å². The molecule has 118 valence electrons. The fourth-order valence-corrected chi connectivity index (χ4v) is 2.90. The number of primary sulfonamides is 1. The summed E-state index contributed by atoms with van der Waals surface area (Å²) in [5, 5.41) is 5.06. The number of nitrogens with zero attached hydrogens (tertiary/aromatic N) is 1. The molecule has 1 aromatic carbocycles. The third kappa shape index (κ3) is 3.20. The van der Waals surface area contributed by atoms with Crippen LogP contribution in [0.3, 0.4) is 0 Å². The fourth-order valence-electron chi connectivity index (χ4n) is 2.38. The van der Waals surface area contributed by atoms with Crippen molar-refractivity contribution in [2.24, 2.45) is 5.14 Å². The van der Waals surface area contributed by atoms with Crippen molar-refractivity contribution in [1.29, 1.82) is 0 Å². The molecule has 7 heteroatoms. The summed E-state index contributed by atoms with van der Waals surface area (Å²) >= 11 is 0. The van der Waals surface area contributed by atoms with Gasteiger partial charge in [-0.2, -0.15) is 0 Å². The second-order valence-corrected chi connectivity index (χ2v) is 6.60. The van der Waals surface area contributed by atoms with E-state index in [0.717, 1.165) is 6.20 Å². The Morgan fingerprint density at radius 1 is 1.00 bits per heavy atom. The summed E-state index contributed by atoms with van der Waals surface area (Å²) in [6.45, 7) is 0. The van der Waals surface area contributed by atoms with E-state index in [1.54, 1.807) is 12.1 Å². The van der Waals surface area contributed by atoms with E-state index in [9.17, 15) is 17.2 Å². The SMILES string of the molecule is NS(=O)(=O)c1ccc(C2=CC(F)C=C2c2ccc(F)cn2)cc1. The van der Waals surface area contributed by atoms with E-state index in [4.69, 9.17) is 5.14 Å². The summed E-state index contributed by atoms with van der Waals surface area (Å²) in [5.74, 6) is -0.479. The number of sulfonamides is 1. The Morgan fingerprint density at radius 2 is 1.65 bits per heavy atom. The van der Waals surface area contributed by atoms with E-state index in [1.807, 2.05) is 0 Å². The van der Waals surface area contributed by atoms with Gasteiger partial charge in [0.1, 0.15) is 12.0 Å². The maximum Gasteiger partial charge on any atom is 0.238 e. The molecule has 3 rings (SSSR count). The van der Waals surface area contributed by atoms with E-state index >= 15 is 0 Å². The molecular formula is C16H12F2N2O2S. The third-order valence-corrected chi connectivity index (χ3v) is 4.37. The smallest absolute Gasteiger partial charge is 0.238 e. The molecule has 0 amide bonds. The van der Waals surface area contributed by atoms with Crippen LogP contribution < -0.4 is 5.14 Å². The van der Waals surface area contributed by atoms with Gasteiger partial charge in [-0.25, -0.2) is 22.3 Å². The summed E-state index contributed by atoms with van der Waals surface area (Å²) < 4.78 is 49.3. The molecule has 2 N–H and O–H groups in total. The molecule has 1 atom stereocenters. The van der Waals surface area contributed by atoms with E-state index in [1.165, 1.54) is 36.4 Å². The summed E-state index contributed by atoms with van der Waals surface area (Å²) in [6.07, 6.45) is 2.55. The predicted octanol–water partition coefficient (Wildman–Crippen LogP) is 2.69. The van der Waals surface area contributed by atoms with Crippen molar-refractivity contribution >= 4 is 21.2 Å². The fraction of sp³-hybridized carbons (Fsp3) is 0.0625. The number of halogens is 2. The zero-order chi connectivity index (χ0) is 16.6. The highest BCUT2D eigenvalue weighted by Crippen LogP contribution is 2.36. The second-order valence-electron chi connectivity index (χ2n) is 5.04. The standard InChI is InChI=1S/C16H12F2N2O2S/c17-11-3-6-16(20-9-11)15-8-12(18)7-14(15)10-1-4-13(5-2-10)23(19,21)22/h1-9,12H,(H2,19,21,22). The van der Waals surface area contributed by atoms with Crippen LogP contribution >= 0.6 is 0 Å². The van der Waals surface area contributed by atoms with Gasteiger partial charge in [0.15, 0.2) is 0 Å². The van der Waals surface area contributed by atoms with E-state index in [2.05, 4.69) is 4.98 Å². The molecule has 0 saturated carbocycles. The number of alkyl halides is 1. The lowest BCUT2D eigenvalue weighted by atomic mass is 9.98. The van der Waals surface area contributed by atoms with Gasteiger partial charge in [0, 0.05) is 5.57 Å². The van der Waals surface area contributed by atoms with Gasteiger partial charge in [-0.3, -0.25) is 4.98 Å². The minimum absolute atomic E-state index is 0.0258. The molecule has 1 aliphatic rings. The van der Waals surface area contributed by atoms with Crippen LogP contribution in [0.4, 0.5) is 8.78 Å². The van der Waals surface area contributed by atoms with Crippen LogP contribution in [0.5, 0.6) is 0 Å². The number of pyridine rings is 1. The normalized spacial score (nSPS) is 17.8. The molecular weight excluding hydrogens is 322 g/mol. The van der Waals surface area contributed by atoms with Gasteiger partial charge in [-0.1, -0.05) is 12.1 Å². The van der Waals surface area contributed by atoms with E-state index in [-0.39, 0.29) is 4.90 Å². The number of hydrogen-bond donors (Lipinski definition) is 1. The Bertz CT molecular complexity index is 902. The predicted molar refractivity (Wildman–Crippen MR) is 82.9 cm³/mol. The first-order chi connectivity index (χ1) is 10.8. The Morgan fingerprint density at radius 3 is 2.22 bits per heavy atom. The molecule has 23 heavy (non-hydrogen) atoms. The number of aromatic nitrogens is 1. The molecule has 0 saturated heterocycles. The molecule has 0 fully saturated rings. The molecule has 0 bridgehead atoms. The number of hydrogen-bond acceptors (Lipinski definition) is 3. The van der Waals surface area contributed by atoms with Crippen molar-refractivity contribution in [1.82, 2.24) is 4.98 Å². The van der Waals surface area contributed by atoms with Gasteiger partial charge in [-0.05, 0) is 47.6 Å². The van der Waals surface area contributed by atoms with E-state index < -0.39 is 22.0 Å². The zero-order valence-corrected chi connectivity index (χ0v) is 12.6. The van der Waals surface area contributed by atoms with Crippen molar-refractivity contribution in [3.63, 3.8) is 0 Å². The molecule has 4 nitrogen and oxygen atoms in total. The zero-order valence-electron chi connectivity index (χ0n) is 11.8. The van der Waals surface area contributed by atoms with Crippen LogP contribution in [0.1, 0.15) is 11.3 Å². The van der Waals surface area contributed by atoms with Gasteiger partial charge >= 0.3 is 0 Å². The Kier molecular flexibility index (Phi) is 3.83. The highest BCUT2D eigenvalue weighted by atomic mass is 32.2. The van der Waals surface area contributed by atoms with Crippen molar-refractivity contribution in [3.8, 4) is 0 Å². The van der Waals surface area contributed by atoms with Gasteiger partial charge in [0.25, 0.3) is 0 Å². The largest absolute Gasteiger partial charge is 0.253 e. The first-order valence-electron chi connectivity index (χ1n) is 6.68. The molecule has 0 aliphatic heterocycles. The van der Waals surface area contributed by atoms with Crippen molar-refractivity contribution in [2.75, 3.05) is 0 Å². The third-order valence-electron chi connectivity index (χ3n) is 3.44. The van der Waals surface area contributed by atoms with Crippen LogP contribution in [0.25, 0.3) is 11.1 Å². The first kappa shape index (κ1) is 15.5.